The van der Waals surface area contributed by atoms with E-state index in [1.165, 1.54) is 129 Å². The first-order chi connectivity index (χ1) is 13.8. The maximum absolute atomic E-state index is 1.54. The largest absolute Gasteiger partial charge is 0.412 e. The van der Waals surface area contributed by atoms with Crippen LogP contribution in [0.25, 0.3) is 0 Å². The lowest BCUT2D eigenvalue weighted by atomic mass is 9.92. The molecule has 0 aromatic heterocycles. The van der Waals surface area contributed by atoms with Gasteiger partial charge in [0, 0.05) is 25.7 Å². The summed E-state index contributed by atoms with van der Waals surface area (Å²) >= 11 is 0. The molecule has 0 aromatic carbocycles. The molecule has 3 heteroatoms. The highest BCUT2D eigenvalue weighted by Gasteiger charge is 2.41. The third-order valence-electron chi connectivity index (χ3n) is 9.57. The van der Waals surface area contributed by atoms with Gasteiger partial charge in [-0.05, 0) is 77.0 Å². The number of hydrogen-bond donors (Lipinski definition) is 0. The third-order valence-corrected chi connectivity index (χ3v) is 9.57. The summed E-state index contributed by atoms with van der Waals surface area (Å²) in [4.78, 5) is 0. The number of likely N-dealkylation sites (tertiary alicyclic amines) is 2. The lowest BCUT2D eigenvalue weighted by Crippen LogP contribution is -2.54. The molecule has 2 saturated carbocycles. The molecule has 2 aliphatic heterocycles. The van der Waals surface area contributed by atoms with Crippen LogP contribution in [0.1, 0.15) is 116 Å². The average Bonchev–Trinajstić information content (AvgIpc) is 3.43. The van der Waals surface area contributed by atoms with E-state index in [-0.39, 0.29) is 5.48 Å². The maximum Gasteiger partial charge on any atom is 0.0890 e. The van der Waals surface area contributed by atoms with E-state index in [1.807, 2.05) is 0 Å². The van der Waals surface area contributed by atoms with Crippen molar-refractivity contribution in [3.05, 3.63) is 0 Å². The molecule has 0 bridgehead atoms. The summed E-state index contributed by atoms with van der Waals surface area (Å²) < 4.78 is 3.09. The molecule has 29 heavy (non-hydrogen) atoms. The summed E-state index contributed by atoms with van der Waals surface area (Å²) in [7, 11) is 0. The Labute approximate surface area is 181 Å². The molecule has 2 saturated heterocycles. The molecule has 2 N–H and O–H groups in total. The van der Waals surface area contributed by atoms with Gasteiger partial charge in [-0.25, -0.2) is 0 Å². The Hall–Kier alpha value is -0.120. The molecule has 4 rings (SSSR count). The van der Waals surface area contributed by atoms with Crippen molar-refractivity contribution in [3.8, 4) is 0 Å². The molecule has 4 fully saturated rings. The molecule has 170 valence electrons. The number of hydrogen-bond acceptors (Lipinski definition) is 0. The first kappa shape index (κ1) is 23.5. The van der Waals surface area contributed by atoms with Crippen molar-refractivity contribution in [2.45, 2.75) is 128 Å². The Balaban J connectivity index is 0.00000240. The van der Waals surface area contributed by atoms with Gasteiger partial charge in [0.1, 0.15) is 0 Å². The molecule has 0 radical (unpaired) electrons. The summed E-state index contributed by atoms with van der Waals surface area (Å²) in [6.07, 6.45) is 27.4. The Morgan fingerprint density at radius 3 is 1.10 bits per heavy atom. The zero-order valence-electron chi connectivity index (χ0n) is 19.5. The number of quaternary nitrogens is 2. The van der Waals surface area contributed by atoms with Crippen LogP contribution in [-0.2, 0) is 0 Å². The summed E-state index contributed by atoms with van der Waals surface area (Å²) in [6, 6.07) is 2.09. The Morgan fingerprint density at radius 1 is 0.414 bits per heavy atom. The van der Waals surface area contributed by atoms with Crippen LogP contribution in [0.5, 0.6) is 0 Å². The smallest absolute Gasteiger partial charge is 0.0890 e. The molecule has 0 unspecified atom stereocenters. The van der Waals surface area contributed by atoms with Gasteiger partial charge in [0.05, 0.1) is 51.4 Å². The highest BCUT2D eigenvalue weighted by Crippen LogP contribution is 2.35. The van der Waals surface area contributed by atoms with Gasteiger partial charge in [-0.15, -0.1) is 0 Å². The van der Waals surface area contributed by atoms with Gasteiger partial charge in [-0.2, -0.15) is 0 Å². The van der Waals surface area contributed by atoms with Crippen LogP contribution in [0, 0.1) is 0 Å². The summed E-state index contributed by atoms with van der Waals surface area (Å²) in [5.74, 6) is 0. The van der Waals surface area contributed by atoms with Crippen LogP contribution in [0.15, 0.2) is 0 Å². The third kappa shape index (κ3) is 5.77. The molecular weight excluding hydrogens is 356 g/mol. The van der Waals surface area contributed by atoms with Crippen LogP contribution in [0.4, 0.5) is 0 Å². The minimum atomic E-state index is 0. The van der Waals surface area contributed by atoms with Crippen LogP contribution >= 0.6 is 0 Å². The Morgan fingerprint density at radius 2 is 0.759 bits per heavy atom. The highest BCUT2D eigenvalue weighted by molar-refractivity contribution is 4.72. The predicted octanol–water partition coefficient (Wildman–Crippen LogP) is 5.61. The molecule has 4 aliphatic rings. The van der Waals surface area contributed by atoms with E-state index >= 15 is 0 Å². The highest BCUT2D eigenvalue weighted by atomic mass is 16.0. The molecule has 0 amide bonds. The van der Waals surface area contributed by atoms with Crippen LogP contribution in [-0.4, -0.2) is 65.8 Å². The van der Waals surface area contributed by atoms with Crippen LogP contribution in [0.2, 0.25) is 0 Å². The second-order valence-electron chi connectivity index (χ2n) is 11.2. The first-order valence-corrected chi connectivity index (χ1v) is 13.5. The minimum absolute atomic E-state index is 0. The quantitative estimate of drug-likeness (QED) is 0.351. The molecule has 0 spiro atoms. The van der Waals surface area contributed by atoms with Crippen LogP contribution < -0.4 is 0 Å². The zero-order valence-corrected chi connectivity index (χ0v) is 19.5. The Bertz CT molecular complexity index is 400. The van der Waals surface area contributed by atoms with E-state index in [2.05, 4.69) is 0 Å². The fourth-order valence-electron chi connectivity index (χ4n) is 7.94. The molecule has 2 heterocycles. The number of rotatable bonds is 9. The SMILES string of the molecule is C1CCC([N+]2(CCCCCC[N+]3(C4CCCCC4)CCCC3)CCCC2)CC1.O. The summed E-state index contributed by atoms with van der Waals surface area (Å²) in [5, 5.41) is 0. The fourth-order valence-corrected chi connectivity index (χ4v) is 7.94. The average molecular weight is 409 g/mol. The van der Waals surface area contributed by atoms with Gasteiger partial charge in [0.25, 0.3) is 0 Å². The van der Waals surface area contributed by atoms with Crippen molar-refractivity contribution in [2.75, 3.05) is 39.3 Å². The van der Waals surface area contributed by atoms with E-state index in [9.17, 15) is 0 Å². The molecular formula is C26H52N2O+2. The van der Waals surface area contributed by atoms with Crippen molar-refractivity contribution in [1.29, 1.82) is 0 Å². The molecule has 3 nitrogen and oxygen atoms in total. The topological polar surface area (TPSA) is 31.5 Å². The lowest BCUT2D eigenvalue weighted by Gasteiger charge is -2.44. The maximum atomic E-state index is 1.54. The molecule has 0 atom stereocenters. The van der Waals surface area contributed by atoms with E-state index in [1.54, 1.807) is 34.6 Å². The van der Waals surface area contributed by atoms with Crippen molar-refractivity contribution in [1.82, 2.24) is 0 Å². The van der Waals surface area contributed by atoms with Gasteiger partial charge in [-0.3, -0.25) is 0 Å². The monoisotopic (exact) mass is 408 g/mol. The normalized spacial score (nSPS) is 27.7. The van der Waals surface area contributed by atoms with Gasteiger partial charge in [0.15, 0.2) is 0 Å². The lowest BCUT2D eigenvalue weighted by molar-refractivity contribution is -0.942. The van der Waals surface area contributed by atoms with Crippen molar-refractivity contribution in [3.63, 3.8) is 0 Å². The predicted molar refractivity (Wildman–Crippen MR) is 124 cm³/mol. The van der Waals surface area contributed by atoms with Crippen molar-refractivity contribution >= 4 is 0 Å². The molecule has 2 aliphatic carbocycles. The minimum Gasteiger partial charge on any atom is -0.412 e. The summed E-state index contributed by atoms with van der Waals surface area (Å²) in [5.41, 5.74) is 0. The number of nitrogens with zero attached hydrogens (tertiary/aromatic N) is 2. The second-order valence-corrected chi connectivity index (χ2v) is 11.2. The van der Waals surface area contributed by atoms with E-state index in [0.717, 1.165) is 12.1 Å². The Kier molecular flexibility index (Phi) is 9.32. The van der Waals surface area contributed by atoms with Gasteiger partial charge in [-0.1, -0.05) is 12.8 Å². The van der Waals surface area contributed by atoms with E-state index in [0.29, 0.717) is 0 Å². The zero-order chi connectivity index (χ0) is 19.1. The first-order valence-electron chi connectivity index (χ1n) is 13.5. The van der Waals surface area contributed by atoms with E-state index < -0.39 is 0 Å². The molecule has 0 aromatic rings. The second kappa shape index (κ2) is 11.5. The number of unbranched alkanes of at least 4 members (excludes halogenated alkanes) is 3. The van der Waals surface area contributed by atoms with Crippen LogP contribution in [0.3, 0.4) is 0 Å². The standard InChI is InChI=1S/C26H50N2.H2O/c1(9-19-27(21-11-12-22-27)25-15-5-3-6-16-25)2-10-20-28(23-13-14-24-28)26-17-7-4-8-18-26;/h25-26H,1-24H2;1H2/q+2;. The van der Waals surface area contributed by atoms with Crippen molar-refractivity contribution < 1.29 is 14.4 Å². The summed E-state index contributed by atoms with van der Waals surface area (Å²) in [6.45, 7) is 9.12. The fraction of sp³-hybridized carbons (Fsp3) is 1.00. The van der Waals surface area contributed by atoms with Gasteiger partial charge in [0.2, 0.25) is 0 Å². The van der Waals surface area contributed by atoms with Gasteiger partial charge < -0.3 is 14.4 Å². The van der Waals surface area contributed by atoms with E-state index in [4.69, 9.17) is 0 Å². The van der Waals surface area contributed by atoms with Gasteiger partial charge >= 0.3 is 0 Å². The van der Waals surface area contributed by atoms with Crippen molar-refractivity contribution in [2.24, 2.45) is 0 Å².